The fourth-order valence-electron chi connectivity index (χ4n) is 2.30. The number of nitrogens with zero attached hydrogens (tertiary/aromatic N) is 1. The number of imidazole rings is 1. The molecule has 2 N–H and O–H groups in total. The van der Waals surface area contributed by atoms with Gasteiger partial charge >= 0.3 is 5.69 Å². The van der Waals surface area contributed by atoms with E-state index in [9.17, 15) is 4.79 Å². The summed E-state index contributed by atoms with van der Waals surface area (Å²) in [5.41, 5.74) is 2.36. The Morgan fingerprint density at radius 2 is 2.24 bits per heavy atom. The van der Waals surface area contributed by atoms with E-state index in [1.54, 1.807) is 4.57 Å². The molecule has 0 unspecified atom stereocenters. The maximum Gasteiger partial charge on any atom is 0.326 e. The number of benzene rings is 1. The number of aromatic nitrogens is 2. The van der Waals surface area contributed by atoms with Crippen LogP contribution in [0.2, 0.25) is 10.0 Å². The standard InChI is InChI=1S/C11H11Cl2N3O/c1-5-4-16-10-6(3-14-5)2-7(12)8(13)9(10)15-11(16)17/h2,5,14H,3-4H2,1H3,(H,15,17)/t5-/m0/s1. The third-order valence-corrected chi connectivity index (χ3v) is 3.90. The summed E-state index contributed by atoms with van der Waals surface area (Å²) < 4.78 is 1.72. The maximum atomic E-state index is 11.9. The molecule has 0 bridgehead atoms. The minimum absolute atomic E-state index is 0.138. The first-order chi connectivity index (χ1) is 8.08. The quantitative estimate of drug-likeness (QED) is 0.771. The average Bonchev–Trinajstić information content (AvgIpc) is 2.50. The van der Waals surface area contributed by atoms with Crippen molar-refractivity contribution in [3.05, 3.63) is 32.2 Å². The van der Waals surface area contributed by atoms with E-state index < -0.39 is 0 Å². The highest BCUT2D eigenvalue weighted by Gasteiger charge is 2.20. The Morgan fingerprint density at radius 1 is 1.47 bits per heavy atom. The van der Waals surface area contributed by atoms with Crippen LogP contribution in [0.5, 0.6) is 0 Å². The topological polar surface area (TPSA) is 49.8 Å². The van der Waals surface area contributed by atoms with E-state index in [1.807, 2.05) is 13.0 Å². The predicted molar refractivity (Wildman–Crippen MR) is 68.9 cm³/mol. The van der Waals surface area contributed by atoms with Crippen molar-refractivity contribution in [3.8, 4) is 0 Å². The van der Waals surface area contributed by atoms with Crippen LogP contribution in [0.25, 0.3) is 11.0 Å². The van der Waals surface area contributed by atoms with Gasteiger partial charge in [-0.2, -0.15) is 0 Å². The largest absolute Gasteiger partial charge is 0.326 e. The summed E-state index contributed by atoms with van der Waals surface area (Å²) in [5, 5.41) is 4.22. The van der Waals surface area contributed by atoms with Crippen LogP contribution < -0.4 is 11.0 Å². The Balaban J connectivity index is 2.45. The van der Waals surface area contributed by atoms with E-state index >= 15 is 0 Å². The summed E-state index contributed by atoms with van der Waals surface area (Å²) in [6.45, 7) is 3.36. The molecule has 2 aromatic rings. The van der Waals surface area contributed by atoms with E-state index in [0.717, 1.165) is 11.1 Å². The number of H-pyrrole nitrogens is 1. The molecule has 0 spiro atoms. The molecule has 6 heteroatoms. The Labute approximate surface area is 108 Å². The lowest BCUT2D eigenvalue weighted by Crippen LogP contribution is -2.30. The lowest BCUT2D eigenvalue weighted by molar-refractivity contribution is 0.491. The molecule has 1 aliphatic heterocycles. The van der Waals surface area contributed by atoms with Gasteiger partial charge in [0.25, 0.3) is 0 Å². The number of rotatable bonds is 0. The van der Waals surface area contributed by atoms with Gasteiger partial charge in [0, 0.05) is 19.1 Å². The van der Waals surface area contributed by atoms with Crippen LogP contribution in [0.15, 0.2) is 10.9 Å². The fraction of sp³-hybridized carbons (Fsp3) is 0.364. The van der Waals surface area contributed by atoms with Crippen LogP contribution in [-0.4, -0.2) is 15.6 Å². The van der Waals surface area contributed by atoms with Crippen molar-refractivity contribution in [2.24, 2.45) is 0 Å². The number of aromatic amines is 1. The smallest absolute Gasteiger partial charge is 0.308 e. The second-order valence-electron chi connectivity index (χ2n) is 4.38. The molecule has 2 heterocycles. The Kier molecular flexibility index (Phi) is 2.47. The zero-order valence-electron chi connectivity index (χ0n) is 9.18. The van der Waals surface area contributed by atoms with Crippen molar-refractivity contribution in [1.82, 2.24) is 14.9 Å². The molecular weight excluding hydrogens is 261 g/mol. The monoisotopic (exact) mass is 271 g/mol. The molecule has 1 aliphatic rings. The third-order valence-electron chi connectivity index (χ3n) is 3.12. The van der Waals surface area contributed by atoms with E-state index in [2.05, 4.69) is 10.3 Å². The van der Waals surface area contributed by atoms with Gasteiger partial charge in [0.1, 0.15) is 0 Å². The Bertz CT molecular complexity index is 659. The molecule has 0 aliphatic carbocycles. The summed E-state index contributed by atoms with van der Waals surface area (Å²) in [4.78, 5) is 14.7. The van der Waals surface area contributed by atoms with Gasteiger partial charge in [-0.25, -0.2) is 4.79 Å². The van der Waals surface area contributed by atoms with Gasteiger partial charge in [0.15, 0.2) is 0 Å². The molecule has 1 aromatic carbocycles. The number of halogens is 2. The van der Waals surface area contributed by atoms with Crippen molar-refractivity contribution < 1.29 is 0 Å². The zero-order chi connectivity index (χ0) is 12.2. The van der Waals surface area contributed by atoms with Gasteiger partial charge in [0.2, 0.25) is 0 Å². The molecule has 4 nitrogen and oxygen atoms in total. The first kappa shape index (κ1) is 11.1. The molecule has 1 atom stereocenters. The van der Waals surface area contributed by atoms with Gasteiger partial charge < -0.3 is 10.3 Å². The summed E-state index contributed by atoms with van der Waals surface area (Å²) in [6, 6.07) is 2.05. The first-order valence-corrected chi connectivity index (χ1v) is 6.16. The van der Waals surface area contributed by atoms with Crippen LogP contribution in [-0.2, 0) is 13.1 Å². The van der Waals surface area contributed by atoms with E-state index in [4.69, 9.17) is 23.2 Å². The van der Waals surface area contributed by atoms with Crippen molar-refractivity contribution in [2.75, 3.05) is 0 Å². The van der Waals surface area contributed by atoms with Crippen LogP contribution in [0, 0.1) is 0 Å². The maximum absolute atomic E-state index is 11.9. The second-order valence-corrected chi connectivity index (χ2v) is 5.16. The molecule has 90 valence electrons. The van der Waals surface area contributed by atoms with Crippen molar-refractivity contribution in [3.63, 3.8) is 0 Å². The number of nitrogens with one attached hydrogen (secondary N) is 2. The Hall–Kier alpha value is -0.970. The summed E-state index contributed by atoms with van der Waals surface area (Å²) in [5.74, 6) is 0. The van der Waals surface area contributed by atoms with Gasteiger partial charge in [-0.1, -0.05) is 23.2 Å². The van der Waals surface area contributed by atoms with Crippen LogP contribution in [0.4, 0.5) is 0 Å². The van der Waals surface area contributed by atoms with Gasteiger partial charge in [-0.3, -0.25) is 4.57 Å². The highest BCUT2D eigenvalue weighted by atomic mass is 35.5. The highest BCUT2D eigenvalue weighted by Crippen LogP contribution is 2.32. The van der Waals surface area contributed by atoms with Crippen LogP contribution >= 0.6 is 23.2 Å². The molecule has 0 saturated heterocycles. The van der Waals surface area contributed by atoms with E-state index in [1.165, 1.54) is 0 Å². The summed E-state index contributed by atoms with van der Waals surface area (Å²) in [6.07, 6.45) is 0. The van der Waals surface area contributed by atoms with E-state index in [-0.39, 0.29) is 11.7 Å². The first-order valence-electron chi connectivity index (χ1n) is 5.40. The minimum atomic E-state index is -0.138. The summed E-state index contributed by atoms with van der Waals surface area (Å²) in [7, 11) is 0. The number of hydrogen-bond acceptors (Lipinski definition) is 2. The van der Waals surface area contributed by atoms with Crippen molar-refractivity contribution in [1.29, 1.82) is 0 Å². The van der Waals surface area contributed by atoms with Crippen molar-refractivity contribution >= 4 is 34.2 Å². The molecule has 0 fully saturated rings. The zero-order valence-corrected chi connectivity index (χ0v) is 10.7. The molecule has 0 amide bonds. The van der Waals surface area contributed by atoms with Crippen LogP contribution in [0.1, 0.15) is 12.5 Å². The van der Waals surface area contributed by atoms with E-state index in [0.29, 0.717) is 28.7 Å². The predicted octanol–water partition coefficient (Wildman–Crippen LogP) is 2.13. The normalized spacial score (nSPS) is 19.6. The molecule has 3 rings (SSSR count). The molecular formula is C11H11Cl2N3O. The second kappa shape index (κ2) is 3.77. The molecule has 0 saturated carbocycles. The lowest BCUT2D eigenvalue weighted by Gasteiger charge is -2.09. The molecule has 17 heavy (non-hydrogen) atoms. The average molecular weight is 272 g/mol. The Morgan fingerprint density at radius 3 is 3.00 bits per heavy atom. The fourth-order valence-corrected chi connectivity index (χ4v) is 2.72. The highest BCUT2D eigenvalue weighted by molar-refractivity contribution is 6.45. The van der Waals surface area contributed by atoms with Gasteiger partial charge in [-0.15, -0.1) is 0 Å². The SMILES string of the molecule is C[C@H]1Cn2c(=O)[nH]c3c(Cl)c(Cl)cc(c32)CN1. The van der Waals surface area contributed by atoms with Gasteiger partial charge in [-0.05, 0) is 18.6 Å². The third kappa shape index (κ3) is 1.59. The molecule has 0 radical (unpaired) electrons. The van der Waals surface area contributed by atoms with Crippen molar-refractivity contribution in [2.45, 2.75) is 26.1 Å². The lowest BCUT2D eigenvalue weighted by atomic mass is 10.2. The number of hydrogen-bond donors (Lipinski definition) is 2. The molecule has 1 aromatic heterocycles. The van der Waals surface area contributed by atoms with Crippen LogP contribution in [0.3, 0.4) is 0 Å². The summed E-state index contributed by atoms with van der Waals surface area (Å²) >= 11 is 12.2. The van der Waals surface area contributed by atoms with Gasteiger partial charge in [0.05, 0.1) is 21.1 Å². The minimum Gasteiger partial charge on any atom is -0.308 e.